The molecular formula is C21H23N3O2. The zero-order valence-electron chi connectivity index (χ0n) is 15.3. The SMILES string of the molecule is Cc1cc(C)cc(OCCN(C)C(=O)c2cncn2-c2ccccc2)c1. The zero-order chi connectivity index (χ0) is 18.5. The third kappa shape index (κ3) is 4.11. The summed E-state index contributed by atoms with van der Waals surface area (Å²) in [4.78, 5) is 18.5. The van der Waals surface area contributed by atoms with E-state index in [1.807, 2.05) is 56.3 Å². The Bertz CT molecular complexity index is 867. The Morgan fingerprint density at radius 1 is 1.12 bits per heavy atom. The summed E-state index contributed by atoms with van der Waals surface area (Å²) in [5.74, 6) is 0.744. The van der Waals surface area contributed by atoms with Crippen molar-refractivity contribution in [3.8, 4) is 11.4 Å². The first-order valence-electron chi connectivity index (χ1n) is 8.59. The van der Waals surface area contributed by atoms with Gasteiger partial charge in [-0.2, -0.15) is 0 Å². The molecule has 0 fully saturated rings. The van der Waals surface area contributed by atoms with Gasteiger partial charge in [-0.05, 0) is 49.2 Å². The molecule has 0 saturated carbocycles. The van der Waals surface area contributed by atoms with Crippen LogP contribution in [0.1, 0.15) is 21.6 Å². The summed E-state index contributed by atoms with van der Waals surface area (Å²) in [5, 5.41) is 0. The number of para-hydroxylation sites is 1. The van der Waals surface area contributed by atoms with Crippen molar-refractivity contribution >= 4 is 5.91 Å². The molecule has 0 aliphatic carbocycles. The topological polar surface area (TPSA) is 47.4 Å². The number of aryl methyl sites for hydroxylation is 2. The maximum atomic E-state index is 12.8. The predicted molar refractivity (Wildman–Crippen MR) is 102 cm³/mol. The molecule has 2 aromatic carbocycles. The van der Waals surface area contributed by atoms with Gasteiger partial charge in [0.25, 0.3) is 5.91 Å². The van der Waals surface area contributed by atoms with Crippen LogP contribution in [0.5, 0.6) is 5.75 Å². The lowest BCUT2D eigenvalue weighted by molar-refractivity contribution is 0.0766. The van der Waals surface area contributed by atoms with Gasteiger partial charge in [-0.25, -0.2) is 4.98 Å². The van der Waals surface area contributed by atoms with E-state index in [4.69, 9.17) is 4.74 Å². The fourth-order valence-corrected chi connectivity index (χ4v) is 2.86. The molecule has 1 aromatic heterocycles. The minimum absolute atomic E-state index is 0.0876. The molecule has 1 heterocycles. The highest BCUT2D eigenvalue weighted by Crippen LogP contribution is 2.16. The van der Waals surface area contributed by atoms with Gasteiger partial charge < -0.3 is 9.64 Å². The first kappa shape index (κ1) is 17.7. The second-order valence-corrected chi connectivity index (χ2v) is 6.38. The van der Waals surface area contributed by atoms with Crippen molar-refractivity contribution < 1.29 is 9.53 Å². The molecule has 5 nitrogen and oxygen atoms in total. The van der Waals surface area contributed by atoms with Gasteiger partial charge in [0.2, 0.25) is 0 Å². The Hall–Kier alpha value is -3.08. The number of hydrogen-bond donors (Lipinski definition) is 0. The average molecular weight is 349 g/mol. The molecule has 26 heavy (non-hydrogen) atoms. The van der Waals surface area contributed by atoms with E-state index in [2.05, 4.69) is 11.1 Å². The number of amides is 1. The Balaban J connectivity index is 1.63. The van der Waals surface area contributed by atoms with Crippen molar-refractivity contribution in [2.45, 2.75) is 13.8 Å². The summed E-state index contributed by atoms with van der Waals surface area (Å²) < 4.78 is 7.60. The predicted octanol–water partition coefficient (Wildman–Crippen LogP) is 3.64. The quantitative estimate of drug-likeness (QED) is 0.683. The van der Waals surface area contributed by atoms with Crippen LogP contribution >= 0.6 is 0 Å². The van der Waals surface area contributed by atoms with Crippen LogP contribution in [0.25, 0.3) is 5.69 Å². The third-order valence-electron chi connectivity index (χ3n) is 4.13. The molecule has 0 radical (unpaired) electrons. The highest BCUT2D eigenvalue weighted by atomic mass is 16.5. The number of hydrogen-bond acceptors (Lipinski definition) is 3. The van der Waals surface area contributed by atoms with Crippen molar-refractivity contribution in [1.29, 1.82) is 0 Å². The van der Waals surface area contributed by atoms with Crippen LogP contribution in [0.3, 0.4) is 0 Å². The second kappa shape index (κ2) is 7.87. The summed E-state index contributed by atoms with van der Waals surface area (Å²) in [7, 11) is 1.77. The fraction of sp³-hybridized carbons (Fsp3) is 0.238. The average Bonchev–Trinajstić information content (AvgIpc) is 3.10. The van der Waals surface area contributed by atoms with E-state index in [1.165, 1.54) is 0 Å². The van der Waals surface area contributed by atoms with Gasteiger partial charge in [0.05, 0.1) is 19.1 Å². The molecular weight excluding hydrogens is 326 g/mol. The number of likely N-dealkylation sites (N-methyl/N-ethyl adjacent to an activating group) is 1. The number of rotatable bonds is 6. The first-order chi connectivity index (χ1) is 12.5. The van der Waals surface area contributed by atoms with Gasteiger partial charge in [-0.3, -0.25) is 9.36 Å². The maximum Gasteiger partial charge on any atom is 0.272 e. The largest absolute Gasteiger partial charge is 0.492 e. The fourth-order valence-electron chi connectivity index (χ4n) is 2.86. The number of carbonyl (C=O) groups is 1. The van der Waals surface area contributed by atoms with Crippen molar-refractivity contribution in [2.24, 2.45) is 0 Å². The summed E-state index contributed by atoms with van der Waals surface area (Å²) in [5.41, 5.74) is 3.77. The lowest BCUT2D eigenvalue weighted by Gasteiger charge is -2.18. The normalized spacial score (nSPS) is 10.6. The summed E-state index contributed by atoms with van der Waals surface area (Å²) in [6.07, 6.45) is 3.25. The van der Waals surface area contributed by atoms with Crippen molar-refractivity contribution in [3.05, 3.63) is 77.9 Å². The van der Waals surface area contributed by atoms with E-state index in [0.29, 0.717) is 18.8 Å². The van der Waals surface area contributed by atoms with Crippen molar-refractivity contribution in [3.63, 3.8) is 0 Å². The minimum Gasteiger partial charge on any atom is -0.492 e. The van der Waals surface area contributed by atoms with E-state index in [9.17, 15) is 4.79 Å². The number of nitrogens with zero attached hydrogens (tertiary/aromatic N) is 3. The van der Waals surface area contributed by atoms with Gasteiger partial charge >= 0.3 is 0 Å². The maximum absolute atomic E-state index is 12.8. The van der Waals surface area contributed by atoms with E-state index in [-0.39, 0.29) is 5.91 Å². The molecule has 134 valence electrons. The number of carbonyl (C=O) groups excluding carboxylic acids is 1. The Morgan fingerprint density at radius 2 is 1.81 bits per heavy atom. The molecule has 0 spiro atoms. The molecule has 5 heteroatoms. The molecule has 3 rings (SSSR count). The van der Waals surface area contributed by atoms with E-state index in [0.717, 1.165) is 22.6 Å². The molecule has 0 aliphatic heterocycles. The van der Waals surface area contributed by atoms with Gasteiger partial charge in [-0.15, -0.1) is 0 Å². The molecule has 0 unspecified atom stereocenters. The molecule has 1 amide bonds. The standard InChI is InChI=1S/C21H23N3O2/c1-16-11-17(2)13-19(12-16)26-10-9-23(3)21(25)20-14-22-15-24(20)18-7-5-4-6-8-18/h4-8,11-15H,9-10H2,1-3H3. The lowest BCUT2D eigenvalue weighted by atomic mass is 10.1. The Morgan fingerprint density at radius 3 is 2.50 bits per heavy atom. The highest BCUT2D eigenvalue weighted by molar-refractivity contribution is 5.92. The van der Waals surface area contributed by atoms with Crippen LogP contribution in [-0.2, 0) is 0 Å². The first-order valence-corrected chi connectivity index (χ1v) is 8.59. The third-order valence-corrected chi connectivity index (χ3v) is 4.13. The molecule has 0 saturated heterocycles. The van der Waals surface area contributed by atoms with Crippen LogP contribution in [0.2, 0.25) is 0 Å². The molecule has 0 atom stereocenters. The van der Waals surface area contributed by atoms with Gasteiger partial charge in [0.1, 0.15) is 18.1 Å². The summed E-state index contributed by atoms with van der Waals surface area (Å²) in [6, 6.07) is 15.8. The summed E-state index contributed by atoms with van der Waals surface area (Å²) >= 11 is 0. The number of imidazole rings is 1. The molecule has 0 N–H and O–H groups in total. The summed E-state index contributed by atoms with van der Waals surface area (Å²) in [6.45, 7) is 5.01. The number of ether oxygens (including phenoxy) is 1. The van der Waals surface area contributed by atoms with Crippen LogP contribution in [0.4, 0.5) is 0 Å². The van der Waals surface area contributed by atoms with Crippen molar-refractivity contribution in [2.75, 3.05) is 20.2 Å². The highest BCUT2D eigenvalue weighted by Gasteiger charge is 2.17. The lowest BCUT2D eigenvalue weighted by Crippen LogP contribution is -2.32. The van der Waals surface area contributed by atoms with Gasteiger partial charge in [0.15, 0.2) is 0 Å². The van der Waals surface area contributed by atoms with Gasteiger partial charge in [-0.1, -0.05) is 24.3 Å². The zero-order valence-corrected chi connectivity index (χ0v) is 15.3. The monoisotopic (exact) mass is 349 g/mol. The molecule has 3 aromatic rings. The van der Waals surface area contributed by atoms with E-state index >= 15 is 0 Å². The number of benzene rings is 2. The molecule has 0 aliphatic rings. The van der Waals surface area contributed by atoms with E-state index < -0.39 is 0 Å². The second-order valence-electron chi connectivity index (χ2n) is 6.38. The molecule has 0 bridgehead atoms. The van der Waals surface area contributed by atoms with Crippen LogP contribution in [0, 0.1) is 13.8 Å². The Kier molecular flexibility index (Phi) is 5.37. The minimum atomic E-state index is -0.0876. The number of aromatic nitrogens is 2. The van der Waals surface area contributed by atoms with E-state index in [1.54, 1.807) is 29.0 Å². The van der Waals surface area contributed by atoms with Crippen LogP contribution in [-0.4, -0.2) is 40.6 Å². The van der Waals surface area contributed by atoms with Crippen molar-refractivity contribution in [1.82, 2.24) is 14.5 Å². The Labute approximate surface area is 153 Å². The van der Waals surface area contributed by atoms with Gasteiger partial charge in [0, 0.05) is 12.7 Å². The van der Waals surface area contributed by atoms with Crippen LogP contribution in [0.15, 0.2) is 61.1 Å². The van der Waals surface area contributed by atoms with Crippen LogP contribution < -0.4 is 4.74 Å². The smallest absolute Gasteiger partial charge is 0.272 e.